The molecule has 2 fully saturated rings. The van der Waals surface area contributed by atoms with E-state index in [0.29, 0.717) is 18.4 Å². The van der Waals surface area contributed by atoms with E-state index >= 15 is 0 Å². The van der Waals surface area contributed by atoms with Crippen LogP contribution in [0.3, 0.4) is 0 Å². The van der Waals surface area contributed by atoms with E-state index in [-0.39, 0.29) is 18.1 Å². The van der Waals surface area contributed by atoms with Gasteiger partial charge in [0, 0.05) is 19.0 Å². The molecule has 4 nitrogen and oxygen atoms in total. The van der Waals surface area contributed by atoms with E-state index in [9.17, 15) is 9.90 Å². The van der Waals surface area contributed by atoms with Crippen LogP contribution in [-0.2, 0) is 4.79 Å². The van der Waals surface area contributed by atoms with E-state index < -0.39 is 0 Å². The Balaban J connectivity index is 1.86. The molecular weight excluding hydrogens is 216 g/mol. The molecule has 0 aromatic carbocycles. The normalized spacial score (nSPS) is 33.8. The first kappa shape index (κ1) is 12.8. The van der Waals surface area contributed by atoms with Gasteiger partial charge in [-0.15, -0.1) is 0 Å². The van der Waals surface area contributed by atoms with Crippen LogP contribution < -0.4 is 5.73 Å². The largest absolute Gasteiger partial charge is 0.393 e. The van der Waals surface area contributed by atoms with Gasteiger partial charge in [0.1, 0.15) is 0 Å². The van der Waals surface area contributed by atoms with Gasteiger partial charge in [0.25, 0.3) is 0 Å². The number of likely N-dealkylation sites (tertiary alicyclic amines) is 1. The second-order valence-corrected chi connectivity index (χ2v) is 5.56. The summed E-state index contributed by atoms with van der Waals surface area (Å²) in [5, 5.41) is 9.81. The fourth-order valence-corrected chi connectivity index (χ4v) is 3.20. The summed E-state index contributed by atoms with van der Waals surface area (Å²) in [6, 6.07) is -0.342. The summed E-state index contributed by atoms with van der Waals surface area (Å²) in [5.74, 6) is 0.893. The molecule has 0 spiro atoms. The van der Waals surface area contributed by atoms with Crippen LogP contribution in [0.2, 0.25) is 0 Å². The van der Waals surface area contributed by atoms with Gasteiger partial charge in [0.2, 0.25) is 5.91 Å². The van der Waals surface area contributed by atoms with Gasteiger partial charge >= 0.3 is 0 Å². The van der Waals surface area contributed by atoms with Crippen molar-refractivity contribution in [1.82, 2.24) is 4.90 Å². The zero-order valence-corrected chi connectivity index (χ0v) is 10.6. The summed E-state index contributed by atoms with van der Waals surface area (Å²) in [6.45, 7) is 3.62. The van der Waals surface area contributed by atoms with Crippen LogP contribution in [0, 0.1) is 11.8 Å². The number of carbonyl (C=O) groups excluding carboxylic acids is 1. The second kappa shape index (κ2) is 5.36. The standard InChI is InChI=1S/C13H24N2O2/c1-2-3-4-11(14)13(17)15-7-9-5-6-12(16)10(9)8-15/h9-12,16H,2-8,14H2,1H3/t9?,10?,11-,12?/m0/s1. The van der Waals surface area contributed by atoms with Gasteiger partial charge in [0.15, 0.2) is 0 Å². The Labute approximate surface area is 103 Å². The number of rotatable bonds is 4. The highest BCUT2D eigenvalue weighted by atomic mass is 16.3. The van der Waals surface area contributed by atoms with Crippen molar-refractivity contribution in [3.63, 3.8) is 0 Å². The number of hydrogen-bond donors (Lipinski definition) is 2. The maximum Gasteiger partial charge on any atom is 0.239 e. The van der Waals surface area contributed by atoms with Gasteiger partial charge in [-0.05, 0) is 25.2 Å². The predicted molar refractivity (Wildman–Crippen MR) is 66.3 cm³/mol. The number of aliphatic hydroxyl groups is 1. The molecule has 2 rings (SSSR count). The van der Waals surface area contributed by atoms with Crippen molar-refractivity contribution in [1.29, 1.82) is 0 Å². The van der Waals surface area contributed by atoms with Gasteiger partial charge in [0.05, 0.1) is 12.1 Å². The first-order valence-electron chi connectivity index (χ1n) is 6.86. The lowest BCUT2D eigenvalue weighted by Crippen LogP contribution is -2.43. The molecule has 1 aliphatic carbocycles. The third-order valence-corrected chi connectivity index (χ3v) is 4.32. The molecule has 0 radical (unpaired) electrons. The molecule has 4 atom stereocenters. The Morgan fingerprint density at radius 3 is 2.88 bits per heavy atom. The molecule has 1 saturated heterocycles. The Morgan fingerprint density at radius 2 is 2.24 bits per heavy atom. The molecule has 1 heterocycles. The number of unbranched alkanes of at least 4 members (excludes halogenated alkanes) is 1. The van der Waals surface area contributed by atoms with E-state index in [4.69, 9.17) is 5.73 Å². The van der Waals surface area contributed by atoms with Gasteiger partial charge in [-0.3, -0.25) is 4.79 Å². The first-order chi connectivity index (χ1) is 8.13. The van der Waals surface area contributed by atoms with Crippen LogP contribution in [0.5, 0.6) is 0 Å². The van der Waals surface area contributed by atoms with Gasteiger partial charge in [-0.1, -0.05) is 19.8 Å². The van der Waals surface area contributed by atoms with Crippen LogP contribution in [0.4, 0.5) is 0 Å². The Kier molecular flexibility index (Phi) is 4.05. The quantitative estimate of drug-likeness (QED) is 0.761. The van der Waals surface area contributed by atoms with Crippen LogP contribution in [-0.4, -0.2) is 41.1 Å². The van der Waals surface area contributed by atoms with Crippen molar-refractivity contribution in [3.05, 3.63) is 0 Å². The molecule has 1 saturated carbocycles. The second-order valence-electron chi connectivity index (χ2n) is 5.56. The number of fused-ring (bicyclic) bond motifs is 1. The average Bonchev–Trinajstić information content (AvgIpc) is 2.88. The highest BCUT2D eigenvalue weighted by Gasteiger charge is 2.43. The molecule has 0 bridgehead atoms. The molecular formula is C13H24N2O2. The van der Waals surface area contributed by atoms with E-state index in [2.05, 4.69) is 6.92 Å². The van der Waals surface area contributed by atoms with Gasteiger partial charge < -0.3 is 15.7 Å². The Morgan fingerprint density at radius 1 is 1.47 bits per heavy atom. The Bertz CT molecular complexity index is 283. The summed E-state index contributed by atoms with van der Waals surface area (Å²) in [5.41, 5.74) is 5.91. The molecule has 3 unspecified atom stereocenters. The minimum absolute atomic E-state index is 0.0834. The molecule has 1 amide bonds. The lowest BCUT2D eigenvalue weighted by atomic mass is 10.00. The molecule has 0 aromatic heterocycles. The molecule has 3 N–H and O–H groups in total. The van der Waals surface area contributed by atoms with Crippen molar-refractivity contribution >= 4 is 5.91 Å². The van der Waals surface area contributed by atoms with E-state index in [1.807, 2.05) is 4.90 Å². The molecule has 98 valence electrons. The zero-order chi connectivity index (χ0) is 12.4. The van der Waals surface area contributed by atoms with Crippen molar-refractivity contribution < 1.29 is 9.90 Å². The van der Waals surface area contributed by atoms with Crippen LogP contribution in [0.15, 0.2) is 0 Å². The third kappa shape index (κ3) is 2.63. The summed E-state index contributed by atoms with van der Waals surface area (Å²) in [7, 11) is 0. The summed E-state index contributed by atoms with van der Waals surface area (Å²) >= 11 is 0. The summed E-state index contributed by atoms with van der Waals surface area (Å²) in [4.78, 5) is 14.0. The van der Waals surface area contributed by atoms with Gasteiger partial charge in [-0.2, -0.15) is 0 Å². The van der Waals surface area contributed by atoms with E-state index in [1.54, 1.807) is 0 Å². The van der Waals surface area contributed by atoms with Crippen molar-refractivity contribution in [3.8, 4) is 0 Å². The highest BCUT2D eigenvalue weighted by Crippen LogP contribution is 2.38. The minimum atomic E-state index is -0.342. The van der Waals surface area contributed by atoms with Crippen LogP contribution in [0.1, 0.15) is 39.0 Å². The fraction of sp³-hybridized carbons (Fsp3) is 0.923. The fourth-order valence-electron chi connectivity index (χ4n) is 3.20. The number of carbonyl (C=O) groups is 1. The average molecular weight is 240 g/mol. The number of nitrogens with two attached hydrogens (primary N) is 1. The SMILES string of the molecule is CCCC[C@H](N)C(=O)N1CC2CCC(O)C2C1. The highest BCUT2D eigenvalue weighted by molar-refractivity contribution is 5.81. The topological polar surface area (TPSA) is 66.6 Å². The molecule has 2 aliphatic rings. The van der Waals surface area contributed by atoms with Crippen molar-refractivity contribution in [2.75, 3.05) is 13.1 Å². The van der Waals surface area contributed by atoms with Crippen molar-refractivity contribution in [2.45, 2.75) is 51.2 Å². The van der Waals surface area contributed by atoms with E-state index in [0.717, 1.165) is 38.6 Å². The maximum atomic E-state index is 12.1. The number of amides is 1. The Hall–Kier alpha value is -0.610. The zero-order valence-electron chi connectivity index (χ0n) is 10.6. The number of hydrogen-bond acceptors (Lipinski definition) is 3. The van der Waals surface area contributed by atoms with Crippen LogP contribution in [0.25, 0.3) is 0 Å². The van der Waals surface area contributed by atoms with Crippen LogP contribution >= 0.6 is 0 Å². The molecule has 4 heteroatoms. The lowest BCUT2D eigenvalue weighted by molar-refractivity contribution is -0.132. The maximum absolute atomic E-state index is 12.1. The number of aliphatic hydroxyl groups excluding tert-OH is 1. The molecule has 0 aromatic rings. The summed E-state index contributed by atoms with van der Waals surface area (Å²) in [6.07, 6.45) is 4.62. The van der Waals surface area contributed by atoms with Gasteiger partial charge in [-0.25, -0.2) is 0 Å². The molecule has 17 heavy (non-hydrogen) atoms. The monoisotopic (exact) mass is 240 g/mol. The van der Waals surface area contributed by atoms with Crippen molar-refractivity contribution in [2.24, 2.45) is 17.6 Å². The first-order valence-corrected chi connectivity index (χ1v) is 6.86. The lowest BCUT2D eigenvalue weighted by Gasteiger charge is -2.22. The van der Waals surface area contributed by atoms with E-state index in [1.165, 1.54) is 0 Å². The third-order valence-electron chi connectivity index (χ3n) is 4.32. The summed E-state index contributed by atoms with van der Waals surface area (Å²) < 4.78 is 0. The smallest absolute Gasteiger partial charge is 0.239 e. The number of nitrogens with zero attached hydrogens (tertiary/aromatic N) is 1. The molecule has 1 aliphatic heterocycles. The minimum Gasteiger partial charge on any atom is -0.393 e. The predicted octanol–water partition coefficient (Wildman–Crippen LogP) is 0.733.